The minimum Gasteiger partial charge on any atom is -0.355 e. The highest BCUT2D eigenvalue weighted by Gasteiger charge is 2.28. The molecule has 2 rings (SSSR count). The van der Waals surface area contributed by atoms with E-state index in [0.29, 0.717) is 25.3 Å². The average molecular weight is 385 g/mol. The summed E-state index contributed by atoms with van der Waals surface area (Å²) >= 11 is 1.50. The number of hydrogen-bond acceptors (Lipinski definition) is 3. The van der Waals surface area contributed by atoms with Crippen LogP contribution >= 0.6 is 11.8 Å². The number of amides is 2. The molecule has 0 bridgehead atoms. The molecule has 2 aromatic rings. The Morgan fingerprint density at radius 2 is 1.70 bits per heavy atom. The molecule has 27 heavy (non-hydrogen) atoms. The molecule has 0 aliphatic heterocycles. The smallest absolute Gasteiger partial charge is 0.242 e. The number of benzene rings is 2. The Hall–Kier alpha value is -2.27. The van der Waals surface area contributed by atoms with Gasteiger partial charge in [0.1, 0.15) is 6.04 Å². The fraction of sp³-hybridized carbons (Fsp3) is 0.364. The Labute approximate surface area is 166 Å². The van der Waals surface area contributed by atoms with E-state index in [2.05, 4.69) is 5.32 Å². The van der Waals surface area contributed by atoms with Crippen LogP contribution in [0.15, 0.2) is 59.5 Å². The van der Waals surface area contributed by atoms with Crippen molar-refractivity contribution in [2.24, 2.45) is 0 Å². The zero-order valence-corrected chi connectivity index (χ0v) is 17.1. The van der Waals surface area contributed by atoms with Crippen LogP contribution in [-0.2, 0) is 16.1 Å². The van der Waals surface area contributed by atoms with Crippen molar-refractivity contribution in [1.82, 2.24) is 10.2 Å². The van der Waals surface area contributed by atoms with Gasteiger partial charge < -0.3 is 10.2 Å². The Kier molecular flexibility index (Phi) is 8.40. The molecule has 2 aromatic carbocycles. The van der Waals surface area contributed by atoms with E-state index < -0.39 is 6.04 Å². The average Bonchev–Trinajstić information content (AvgIpc) is 2.68. The molecule has 0 saturated heterocycles. The minimum absolute atomic E-state index is 0.0230. The molecule has 0 aliphatic carbocycles. The number of carbonyl (C=O) groups is 2. The third-order valence-electron chi connectivity index (χ3n) is 4.44. The van der Waals surface area contributed by atoms with Gasteiger partial charge in [-0.2, -0.15) is 0 Å². The molecule has 0 unspecified atom stereocenters. The van der Waals surface area contributed by atoms with Crippen LogP contribution in [0.4, 0.5) is 0 Å². The molecule has 0 spiro atoms. The van der Waals surface area contributed by atoms with E-state index >= 15 is 0 Å². The number of nitrogens with one attached hydrogen (secondary N) is 1. The van der Waals surface area contributed by atoms with Crippen molar-refractivity contribution < 1.29 is 9.59 Å². The zero-order chi connectivity index (χ0) is 19.6. The van der Waals surface area contributed by atoms with E-state index in [1.54, 1.807) is 4.90 Å². The van der Waals surface area contributed by atoms with Crippen molar-refractivity contribution in [2.75, 3.05) is 12.3 Å². The Morgan fingerprint density at radius 3 is 2.33 bits per heavy atom. The van der Waals surface area contributed by atoms with Gasteiger partial charge in [0, 0.05) is 18.0 Å². The summed E-state index contributed by atoms with van der Waals surface area (Å²) in [5.41, 5.74) is 2.19. The Balaban J connectivity index is 2.20. The number of nitrogens with zero attached hydrogens (tertiary/aromatic N) is 1. The highest BCUT2D eigenvalue weighted by Crippen LogP contribution is 2.21. The summed E-state index contributed by atoms with van der Waals surface area (Å²) in [6, 6.07) is 17.4. The minimum atomic E-state index is -0.464. The maximum absolute atomic E-state index is 13.1. The Morgan fingerprint density at radius 1 is 1.04 bits per heavy atom. The van der Waals surface area contributed by atoms with Gasteiger partial charge in [0.25, 0.3) is 0 Å². The number of carbonyl (C=O) groups excluding carboxylic acids is 2. The van der Waals surface area contributed by atoms with E-state index in [9.17, 15) is 9.59 Å². The fourth-order valence-electron chi connectivity index (χ4n) is 2.93. The highest BCUT2D eigenvalue weighted by molar-refractivity contribution is 8.00. The molecular weight excluding hydrogens is 356 g/mol. The molecule has 0 fully saturated rings. The van der Waals surface area contributed by atoms with E-state index in [1.165, 1.54) is 11.8 Å². The van der Waals surface area contributed by atoms with Crippen LogP contribution in [-0.4, -0.2) is 35.1 Å². The topological polar surface area (TPSA) is 49.4 Å². The summed E-state index contributed by atoms with van der Waals surface area (Å²) in [6.45, 7) is 6.87. The largest absolute Gasteiger partial charge is 0.355 e. The van der Waals surface area contributed by atoms with Crippen molar-refractivity contribution in [3.8, 4) is 0 Å². The molecule has 5 heteroatoms. The van der Waals surface area contributed by atoms with Gasteiger partial charge in [0.05, 0.1) is 5.75 Å². The lowest BCUT2D eigenvalue weighted by Gasteiger charge is -2.31. The number of thioether (sulfide) groups is 1. The van der Waals surface area contributed by atoms with Crippen LogP contribution in [0, 0.1) is 6.92 Å². The molecule has 0 radical (unpaired) electrons. The number of likely N-dealkylation sites (N-methyl/N-ethyl adjacent to an activating group) is 1. The predicted octanol–water partition coefficient (Wildman–Crippen LogP) is 4.03. The molecule has 1 atom stereocenters. The first kappa shape index (κ1) is 21.0. The first-order valence-corrected chi connectivity index (χ1v) is 10.3. The first-order chi connectivity index (χ1) is 13.1. The van der Waals surface area contributed by atoms with Crippen molar-refractivity contribution in [1.29, 1.82) is 0 Å². The maximum atomic E-state index is 13.1. The summed E-state index contributed by atoms with van der Waals surface area (Å²) in [4.78, 5) is 28.4. The van der Waals surface area contributed by atoms with Gasteiger partial charge in [-0.15, -0.1) is 11.8 Å². The van der Waals surface area contributed by atoms with E-state index in [0.717, 1.165) is 16.0 Å². The molecule has 0 aliphatic rings. The first-order valence-electron chi connectivity index (χ1n) is 9.36. The summed E-state index contributed by atoms with van der Waals surface area (Å²) in [5.74, 6) is 0.197. The van der Waals surface area contributed by atoms with Crippen LogP contribution < -0.4 is 5.32 Å². The van der Waals surface area contributed by atoms with Crippen LogP contribution in [0.1, 0.15) is 31.4 Å². The van der Waals surface area contributed by atoms with Gasteiger partial charge >= 0.3 is 0 Å². The van der Waals surface area contributed by atoms with Crippen LogP contribution in [0.3, 0.4) is 0 Å². The lowest BCUT2D eigenvalue weighted by molar-refractivity contribution is -0.139. The standard InChI is InChI=1S/C22H28N2O2S/c1-4-20(22(26)23-5-2)24(15-18-12-10-9-11-17(18)3)21(25)16-27-19-13-7-6-8-14-19/h6-14,20H,4-5,15-16H2,1-3H3,(H,23,26)/t20-/m0/s1. The number of aryl methyl sites for hydroxylation is 1. The second-order valence-electron chi connectivity index (χ2n) is 6.37. The number of rotatable bonds is 9. The van der Waals surface area contributed by atoms with Gasteiger partial charge in [-0.05, 0) is 43.5 Å². The third-order valence-corrected chi connectivity index (χ3v) is 5.44. The summed E-state index contributed by atoms with van der Waals surface area (Å²) in [6.07, 6.45) is 0.583. The third kappa shape index (κ3) is 6.14. The molecule has 0 aromatic heterocycles. The van der Waals surface area contributed by atoms with E-state index in [4.69, 9.17) is 0 Å². The highest BCUT2D eigenvalue weighted by atomic mass is 32.2. The number of hydrogen-bond donors (Lipinski definition) is 1. The second kappa shape index (κ2) is 10.8. The lowest BCUT2D eigenvalue weighted by Crippen LogP contribution is -2.49. The normalized spacial score (nSPS) is 11.7. The molecule has 0 heterocycles. The molecule has 1 N–H and O–H groups in total. The molecule has 0 saturated carbocycles. The Bertz CT molecular complexity index is 749. The fourth-order valence-corrected chi connectivity index (χ4v) is 3.73. The summed E-state index contributed by atoms with van der Waals surface area (Å²) < 4.78 is 0. The van der Waals surface area contributed by atoms with Crippen molar-refractivity contribution in [3.63, 3.8) is 0 Å². The molecule has 144 valence electrons. The predicted molar refractivity (Wildman–Crippen MR) is 112 cm³/mol. The van der Waals surface area contributed by atoms with Gasteiger partial charge in [-0.25, -0.2) is 0 Å². The van der Waals surface area contributed by atoms with Gasteiger partial charge in [0.2, 0.25) is 11.8 Å². The maximum Gasteiger partial charge on any atom is 0.242 e. The lowest BCUT2D eigenvalue weighted by atomic mass is 10.1. The van der Waals surface area contributed by atoms with Gasteiger partial charge in [-0.1, -0.05) is 49.4 Å². The molecule has 4 nitrogen and oxygen atoms in total. The monoisotopic (exact) mass is 384 g/mol. The summed E-state index contributed by atoms with van der Waals surface area (Å²) in [7, 11) is 0. The second-order valence-corrected chi connectivity index (χ2v) is 7.42. The zero-order valence-electron chi connectivity index (χ0n) is 16.3. The quantitative estimate of drug-likeness (QED) is 0.664. The van der Waals surface area contributed by atoms with Gasteiger partial charge in [0.15, 0.2) is 0 Å². The van der Waals surface area contributed by atoms with Crippen molar-refractivity contribution >= 4 is 23.6 Å². The van der Waals surface area contributed by atoms with Gasteiger partial charge in [-0.3, -0.25) is 9.59 Å². The van der Waals surface area contributed by atoms with Crippen LogP contribution in [0.2, 0.25) is 0 Å². The van der Waals surface area contributed by atoms with E-state index in [1.807, 2.05) is 75.4 Å². The van der Waals surface area contributed by atoms with Crippen LogP contribution in [0.5, 0.6) is 0 Å². The van der Waals surface area contributed by atoms with Crippen molar-refractivity contribution in [3.05, 3.63) is 65.7 Å². The van der Waals surface area contributed by atoms with Crippen molar-refractivity contribution in [2.45, 2.75) is 44.7 Å². The van der Waals surface area contributed by atoms with Crippen LogP contribution in [0.25, 0.3) is 0 Å². The summed E-state index contributed by atoms with van der Waals surface area (Å²) in [5, 5.41) is 2.87. The molecule has 2 amide bonds. The molecular formula is C22H28N2O2S. The van der Waals surface area contributed by atoms with E-state index in [-0.39, 0.29) is 11.8 Å². The SMILES string of the molecule is CCNC(=O)[C@H](CC)N(Cc1ccccc1C)C(=O)CSc1ccccc1.